The summed E-state index contributed by atoms with van der Waals surface area (Å²) in [6, 6.07) is 20.4. The Morgan fingerprint density at radius 1 is 0.957 bits per heavy atom. The average Bonchev–Trinajstić information content (AvgIpc) is 3.89. The molecule has 46 heavy (non-hydrogen) atoms. The van der Waals surface area contributed by atoms with Gasteiger partial charge in [0.1, 0.15) is 18.2 Å². The van der Waals surface area contributed by atoms with E-state index in [4.69, 9.17) is 15.0 Å². The van der Waals surface area contributed by atoms with E-state index in [0.717, 1.165) is 31.6 Å². The summed E-state index contributed by atoms with van der Waals surface area (Å²) in [5, 5.41) is 35.0. The lowest BCUT2D eigenvalue weighted by molar-refractivity contribution is 0.00497. The molecule has 2 fully saturated rings. The zero-order chi connectivity index (χ0) is 31.8. The number of benzene rings is 2. The van der Waals surface area contributed by atoms with Crippen LogP contribution in [-0.4, -0.2) is 102 Å². The molecular weight excluding hydrogens is 580 g/mol. The first kappa shape index (κ1) is 30.3. The smallest absolute Gasteiger partial charge is 0.229 e. The average molecular weight is 623 g/mol. The lowest BCUT2D eigenvalue weighted by Gasteiger charge is -2.23. The van der Waals surface area contributed by atoms with Crippen LogP contribution in [0.2, 0.25) is 0 Å². The Bertz CT molecular complexity index is 1720. The molecule has 12 heteroatoms. The third kappa shape index (κ3) is 5.72. The van der Waals surface area contributed by atoms with Gasteiger partial charge in [-0.05, 0) is 44.5 Å². The number of likely N-dealkylation sites (N-methyl/N-ethyl adjacent to an activating group) is 1. The van der Waals surface area contributed by atoms with Gasteiger partial charge in [0.2, 0.25) is 5.95 Å². The summed E-state index contributed by atoms with van der Waals surface area (Å²) >= 11 is 0. The van der Waals surface area contributed by atoms with Crippen LogP contribution in [0, 0.1) is 0 Å². The van der Waals surface area contributed by atoms with E-state index in [-0.39, 0.29) is 5.92 Å². The summed E-state index contributed by atoms with van der Waals surface area (Å²) in [5.74, 6) is 1.36. The SMILES string of the molecule is CCc1cnn([C@H]2C[C@@H](n3cnc4c(NCC(c5ccccc5)c5ccccc5)nc(N5CC[C@@H](N(C)C)C5)nc43)[C@H](O)[C@@H]2O)n1. The van der Waals surface area contributed by atoms with Crippen molar-refractivity contribution in [2.45, 2.75) is 62.4 Å². The zero-order valence-corrected chi connectivity index (χ0v) is 26.6. The summed E-state index contributed by atoms with van der Waals surface area (Å²) < 4.78 is 1.90. The van der Waals surface area contributed by atoms with Crippen LogP contribution >= 0.6 is 0 Å². The van der Waals surface area contributed by atoms with E-state index in [0.29, 0.717) is 41.9 Å². The molecule has 5 aromatic rings. The maximum absolute atomic E-state index is 11.3. The summed E-state index contributed by atoms with van der Waals surface area (Å²) in [7, 11) is 4.21. The van der Waals surface area contributed by atoms with Gasteiger partial charge < -0.3 is 29.9 Å². The van der Waals surface area contributed by atoms with Crippen LogP contribution in [0.1, 0.15) is 54.6 Å². The molecule has 2 aliphatic rings. The number of rotatable bonds is 10. The number of fused-ring (bicyclic) bond motifs is 1. The van der Waals surface area contributed by atoms with Crippen LogP contribution in [0.15, 0.2) is 73.2 Å². The molecule has 1 aliphatic carbocycles. The van der Waals surface area contributed by atoms with Crippen LogP contribution in [0.5, 0.6) is 0 Å². The van der Waals surface area contributed by atoms with Crippen molar-refractivity contribution in [2.24, 2.45) is 0 Å². The van der Waals surface area contributed by atoms with Crippen molar-refractivity contribution >= 4 is 22.9 Å². The number of aliphatic hydroxyl groups excluding tert-OH is 2. The van der Waals surface area contributed by atoms with E-state index < -0.39 is 24.3 Å². The quantitative estimate of drug-likeness (QED) is 0.213. The molecule has 12 nitrogen and oxygen atoms in total. The topological polar surface area (TPSA) is 133 Å². The number of aryl methyl sites for hydroxylation is 1. The van der Waals surface area contributed by atoms with Crippen molar-refractivity contribution in [2.75, 3.05) is 43.9 Å². The Hall–Kier alpha value is -4.39. The Labute approximate surface area is 268 Å². The molecule has 1 aliphatic heterocycles. The number of anilines is 2. The zero-order valence-electron chi connectivity index (χ0n) is 26.6. The predicted octanol–water partition coefficient (Wildman–Crippen LogP) is 3.27. The van der Waals surface area contributed by atoms with E-state index in [1.807, 2.05) is 23.6 Å². The molecule has 2 aromatic carbocycles. The summed E-state index contributed by atoms with van der Waals surface area (Å²) in [4.78, 5) is 20.9. The van der Waals surface area contributed by atoms with Crippen molar-refractivity contribution in [1.29, 1.82) is 0 Å². The van der Waals surface area contributed by atoms with Gasteiger partial charge >= 0.3 is 0 Å². The lowest BCUT2D eigenvalue weighted by Crippen LogP contribution is -2.32. The van der Waals surface area contributed by atoms with Crippen molar-refractivity contribution in [1.82, 2.24) is 39.4 Å². The van der Waals surface area contributed by atoms with Crippen LogP contribution < -0.4 is 10.2 Å². The molecule has 5 atom stereocenters. The van der Waals surface area contributed by atoms with Gasteiger partial charge in [-0.3, -0.25) is 0 Å². The minimum atomic E-state index is -1.04. The highest BCUT2D eigenvalue weighted by molar-refractivity contribution is 5.84. The van der Waals surface area contributed by atoms with Gasteiger partial charge in [0.15, 0.2) is 17.0 Å². The molecule has 1 saturated carbocycles. The van der Waals surface area contributed by atoms with Crippen molar-refractivity contribution in [3.63, 3.8) is 0 Å². The van der Waals surface area contributed by atoms with E-state index in [1.165, 1.54) is 15.9 Å². The Morgan fingerprint density at radius 2 is 1.65 bits per heavy atom. The number of hydrogen-bond acceptors (Lipinski definition) is 10. The standard InChI is InChI=1S/C34H42N10O2/c1-4-24-18-37-44(40-24)28-17-27(30(45)31(28)46)43-21-36-29-32(38-34(39-33(29)43)42-16-15-25(20-42)41(2)3)35-19-26(22-11-7-5-8-12-22)23-13-9-6-10-14-23/h5-14,18,21,25-28,30-31,45-46H,4,15-17,19-20H2,1-3H3,(H,35,38,39)/t25-,27-,28+,30+,31-/m1/s1. The third-order valence-corrected chi connectivity index (χ3v) is 9.66. The van der Waals surface area contributed by atoms with Gasteiger partial charge in [-0.1, -0.05) is 67.6 Å². The highest BCUT2D eigenvalue weighted by atomic mass is 16.3. The summed E-state index contributed by atoms with van der Waals surface area (Å²) in [6.07, 6.45) is 3.55. The molecule has 3 aromatic heterocycles. The van der Waals surface area contributed by atoms with Gasteiger partial charge in [-0.15, -0.1) is 0 Å². The van der Waals surface area contributed by atoms with Gasteiger partial charge in [-0.2, -0.15) is 25.0 Å². The Balaban J connectivity index is 1.25. The second kappa shape index (κ2) is 12.8. The van der Waals surface area contributed by atoms with Gasteiger partial charge in [0.25, 0.3) is 0 Å². The van der Waals surface area contributed by atoms with Gasteiger partial charge in [0.05, 0.1) is 24.3 Å². The number of hydrogen-bond donors (Lipinski definition) is 3. The fraction of sp³-hybridized carbons (Fsp3) is 0.441. The van der Waals surface area contributed by atoms with Crippen LogP contribution in [0.3, 0.4) is 0 Å². The molecule has 0 amide bonds. The second-order valence-electron chi connectivity index (χ2n) is 12.7. The number of aromatic nitrogens is 7. The minimum Gasteiger partial charge on any atom is -0.388 e. The third-order valence-electron chi connectivity index (χ3n) is 9.66. The maximum atomic E-state index is 11.3. The van der Waals surface area contributed by atoms with Crippen molar-refractivity contribution in [3.8, 4) is 0 Å². The minimum absolute atomic E-state index is 0.0880. The first-order valence-corrected chi connectivity index (χ1v) is 16.2. The number of nitrogens with one attached hydrogen (secondary N) is 1. The highest BCUT2D eigenvalue weighted by Gasteiger charge is 2.45. The van der Waals surface area contributed by atoms with E-state index in [9.17, 15) is 10.2 Å². The molecule has 0 radical (unpaired) electrons. The molecule has 0 bridgehead atoms. The fourth-order valence-corrected chi connectivity index (χ4v) is 6.88. The molecule has 0 unspecified atom stereocenters. The second-order valence-corrected chi connectivity index (χ2v) is 12.7. The van der Waals surface area contributed by atoms with Gasteiger partial charge in [0, 0.05) is 31.6 Å². The van der Waals surface area contributed by atoms with Crippen molar-refractivity contribution < 1.29 is 10.2 Å². The normalized spacial score (nSPS) is 23.3. The van der Waals surface area contributed by atoms with Crippen molar-refractivity contribution in [3.05, 3.63) is 90.0 Å². The highest BCUT2D eigenvalue weighted by Crippen LogP contribution is 2.40. The summed E-state index contributed by atoms with van der Waals surface area (Å²) in [6.45, 7) is 4.28. The van der Waals surface area contributed by atoms with Crippen LogP contribution in [-0.2, 0) is 6.42 Å². The monoisotopic (exact) mass is 622 g/mol. The maximum Gasteiger partial charge on any atom is 0.229 e. The summed E-state index contributed by atoms with van der Waals surface area (Å²) in [5.41, 5.74) is 4.51. The Kier molecular flexibility index (Phi) is 8.41. The van der Waals surface area contributed by atoms with Crippen LogP contribution in [0.4, 0.5) is 11.8 Å². The molecule has 1 saturated heterocycles. The number of aliphatic hydroxyl groups is 2. The van der Waals surface area contributed by atoms with E-state index in [2.05, 4.69) is 87.9 Å². The number of imidazole rings is 1. The first-order valence-electron chi connectivity index (χ1n) is 16.2. The molecule has 240 valence electrons. The van der Waals surface area contributed by atoms with Crippen LogP contribution in [0.25, 0.3) is 11.2 Å². The largest absolute Gasteiger partial charge is 0.388 e. The molecule has 0 spiro atoms. The molecule has 7 rings (SSSR count). The van der Waals surface area contributed by atoms with E-state index in [1.54, 1.807) is 12.5 Å². The predicted molar refractivity (Wildman–Crippen MR) is 177 cm³/mol. The van der Waals surface area contributed by atoms with Gasteiger partial charge in [-0.25, -0.2) is 4.98 Å². The van der Waals surface area contributed by atoms with E-state index >= 15 is 0 Å². The Morgan fingerprint density at radius 3 is 2.28 bits per heavy atom. The molecular formula is C34H42N10O2. The lowest BCUT2D eigenvalue weighted by atomic mass is 9.91. The molecule has 3 N–H and O–H groups in total. The number of nitrogens with zero attached hydrogens (tertiary/aromatic N) is 9. The first-order chi connectivity index (χ1) is 22.4. The molecule has 4 heterocycles. The fourth-order valence-electron chi connectivity index (χ4n) is 6.88.